The average Bonchev–Trinajstić information content (AvgIpc) is 2.97. The molecule has 0 bridgehead atoms. The zero-order valence-electron chi connectivity index (χ0n) is 9.88. The van der Waals surface area contributed by atoms with Crippen molar-refractivity contribution in [1.82, 2.24) is 4.98 Å². The molecule has 1 unspecified atom stereocenters. The molecule has 1 N–H and O–H groups in total. The van der Waals surface area contributed by atoms with E-state index in [0.29, 0.717) is 12.1 Å². The van der Waals surface area contributed by atoms with Crippen molar-refractivity contribution < 1.29 is 22.7 Å². The minimum atomic E-state index is -4.43. The number of nitrogens with one attached hydrogen (secondary N) is 1. The number of anilines is 1. The maximum Gasteiger partial charge on any atom is 0.422 e. The SMILES string of the molecule is O=C(Nc1ccc(OCC(F)(F)F)nc1)C1CC1(Cl)Cl. The van der Waals surface area contributed by atoms with Gasteiger partial charge in [0.15, 0.2) is 6.61 Å². The second-order valence-corrected chi connectivity index (χ2v) is 5.84. The highest BCUT2D eigenvalue weighted by atomic mass is 35.5. The van der Waals surface area contributed by atoms with E-state index in [1.807, 2.05) is 0 Å². The van der Waals surface area contributed by atoms with Crippen molar-refractivity contribution in [3.63, 3.8) is 0 Å². The van der Waals surface area contributed by atoms with Gasteiger partial charge in [-0.2, -0.15) is 13.2 Å². The fourth-order valence-electron chi connectivity index (χ4n) is 1.42. The standard InChI is InChI=1S/C11H9Cl2F3N2O2/c12-10(13)3-7(10)9(19)18-6-1-2-8(17-4-6)20-5-11(14,15)16/h1-2,4,7H,3,5H2,(H,18,19). The second kappa shape index (κ2) is 5.29. The molecule has 0 radical (unpaired) electrons. The molecule has 1 amide bonds. The first kappa shape index (κ1) is 15.2. The van der Waals surface area contributed by atoms with Crippen LogP contribution in [0.3, 0.4) is 0 Å². The first-order valence-electron chi connectivity index (χ1n) is 5.52. The lowest BCUT2D eigenvalue weighted by molar-refractivity contribution is -0.154. The van der Waals surface area contributed by atoms with Crippen LogP contribution in [0, 0.1) is 5.92 Å². The molecule has 1 saturated carbocycles. The third-order valence-electron chi connectivity index (χ3n) is 2.53. The molecule has 0 aliphatic heterocycles. The van der Waals surface area contributed by atoms with Crippen molar-refractivity contribution in [2.75, 3.05) is 11.9 Å². The van der Waals surface area contributed by atoms with Crippen LogP contribution in [-0.4, -0.2) is 28.0 Å². The van der Waals surface area contributed by atoms with Crippen LogP contribution < -0.4 is 10.1 Å². The summed E-state index contributed by atoms with van der Waals surface area (Å²) in [5.74, 6) is -1.04. The summed E-state index contributed by atoms with van der Waals surface area (Å²) in [6, 6.07) is 2.60. The Morgan fingerprint density at radius 1 is 1.50 bits per heavy atom. The molecule has 1 aliphatic rings. The summed E-state index contributed by atoms with van der Waals surface area (Å²) in [4.78, 5) is 15.3. The monoisotopic (exact) mass is 328 g/mol. The molecule has 1 fully saturated rings. The smallest absolute Gasteiger partial charge is 0.422 e. The van der Waals surface area contributed by atoms with Crippen LogP contribution in [-0.2, 0) is 4.79 Å². The summed E-state index contributed by atoms with van der Waals surface area (Å²) in [6.45, 7) is -1.42. The zero-order valence-corrected chi connectivity index (χ0v) is 11.4. The highest BCUT2D eigenvalue weighted by Gasteiger charge is 2.56. The number of carbonyl (C=O) groups excluding carboxylic acids is 1. The Labute approximate surface area is 122 Å². The lowest BCUT2D eigenvalue weighted by Gasteiger charge is -2.09. The van der Waals surface area contributed by atoms with Crippen molar-refractivity contribution in [2.45, 2.75) is 16.9 Å². The molecule has 1 atom stereocenters. The van der Waals surface area contributed by atoms with Gasteiger partial charge in [0.1, 0.15) is 4.33 Å². The Morgan fingerprint density at radius 3 is 2.60 bits per heavy atom. The quantitative estimate of drug-likeness (QED) is 0.864. The van der Waals surface area contributed by atoms with Gasteiger partial charge < -0.3 is 10.1 Å². The number of carbonyl (C=O) groups is 1. The van der Waals surface area contributed by atoms with Gasteiger partial charge in [-0.3, -0.25) is 4.79 Å². The largest absolute Gasteiger partial charge is 0.468 e. The minimum absolute atomic E-state index is 0.184. The van der Waals surface area contributed by atoms with E-state index in [9.17, 15) is 18.0 Å². The number of halogens is 5. The summed E-state index contributed by atoms with van der Waals surface area (Å²) in [6.07, 6.45) is -2.87. The van der Waals surface area contributed by atoms with E-state index < -0.39 is 23.0 Å². The van der Waals surface area contributed by atoms with Gasteiger partial charge in [0.2, 0.25) is 11.8 Å². The molecule has 2 rings (SSSR count). The number of pyridine rings is 1. The molecular formula is C11H9Cl2F3N2O2. The van der Waals surface area contributed by atoms with Crippen LogP contribution in [0.15, 0.2) is 18.3 Å². The van der Waals surface area contributed by atoms with Crippen molar-refractivity contribution in [3.8, 4) is 5.88 Å². The number of nitrogens with zero attached hydrogens (tertiary/aromatic N) is 1. The summed E-state index contributed by atoms with van der Waals surface area (Å²) >= 11 is 11.5. The van der Waals surface area contributed by atoms with E-state index in [4.69, 9.17) is 23.2 Å². The number of hydrogen-bond acceptors (Lipinski definition) is 3. The summed E-state index contributed by atoms with van der Waals surface area (Å²) in [5, 5.41) is 2.51. The van der Waals surface area contributed by atoms with Crippen LogP contribution in [0.1, 0.15) is 6.42 Å². The van der Waals surface area contributed by atoms with Crippen LogP contribution in [0.4, 0.5) is 18.9 Å². The molecule has 9 heteroatoms. The van der Waals surface area contributed by atoms with Crippen LogP contribution in [0.2, 0.25) is 0 Å². The Hall–Kier alpha value is -1.21. The fraction of sp³-hybridized carbons (Fsp3) is 0.455. The summed E-state index contributed by atoms with van der Waals surface area (Å²) < 4.78 is 39.2. The van der Waals surface area contributed by atoms with Gasteiger partial charge in [-0.25, -0.2) is 4.98 Å². The highest BCUT2D eigenvalue weighted by Crippen LogP contribution is 2.53. The van der Waals surface area contributed by atoms with Gasteiger partial charge in [-0.05, 0) is 12.5 Å². The lowest BCUT2D eigenvalue weighted by atomic mass is 10.3. The van der Waals surface area contributed by atoms with Gasteiger partial charge in [0.05, 0.1) is 17.8 Å². The number of aromatic nitrogens is 1. The van der Waals surface area contributed by atoms with E-state index in [-0.39, 0.29) is 11.8 Å². The maximum absolute atomic E-state index is 11.9. The Kier molecular flexibility index (Phi) is 4.02. The molecule has 110 valence electrons. The van der Waals surface area contributed by atoms with Crippen LogP contribution >= 0.6 is 23.2 Å². The molecule has 1 heterocycles. The van der Waals surface area contributed by atoms with Gasteiger partial charge in [0, 0.05) is 6.07 Å². The average molecular weight is 329 g/mol. The van der Waals surface area contributed by atoms with Crippen molar-refractivity contribution in [1.29, 1.82) is 0 Å². The van der Waals surface area contributed by atoms with Gasteiger partial charge in [0.25, 0.3) is 0 Å². The number of alkyl halides is 5. The van der Waals surface area contributed by atoms with E-state index in [0.717, 1.165) is 0 Å². The molecule has 0 saturated heterocycles. The molecule has 1 aliphatic carbocycles. The Bertz CT molecular complexity index is 505. The molecular weight excluding hydrogens is 320 g/mol. The summed E-state index contributed by atoms with van der Waals surface area (Å²) in [5.41, 5.74) is 0.324. The number of rotatable bonds is 4. The Balaban J connectivity index is 1.87. The predicted molar refractivity (Wildman–Crippen MR) is 67.0 cm³/mol. The Morgan fingerprint density at radius 2 is 2.15 bits per heavy atom. The second-order valence-electron chi connectivity index (χ2n) is 4.30. The zero-order chi connectivity index (χ0) is 15.0. The molecule has 0 aromatic carbocycles. The number of amides is 1. The third kappa shape index (κ3) is 4.14. The minimum Gasteiger partial charge on any atom is -0.468 e. The fourth-order valence-corrected chi connectivity index (χ4v) is 1.93. The van der Waals surface area contributed by atoms with Crippen molar-refractivity contribution >= 4 is 34.8 Å². The number of ether oxygens (including phenoxy) is 1. The van der Waals surface area contributed by atoms with Crippen LogP contribution in [0.5, 0.6) is 5.88 Å². The lowest BCUT2D eigenvalue weighted by Crippen LogP contribution is -2.20. The number of hydrogen-bond donors (Lipinski definition) is 1. The molecule has 1 aromatic heterocycles. The van der Waals surface area contributed by atoms with Crippen molar-refractivity contribution in [2.24, 2.45) is 5.92 Å². The molecule has 4 nitrogen and oxygen atoms in total. The molecule has 0 spiro atoms. The first-order chi connectivity index (χ1) is 9.17. The first-order valence-corrected chi connectivity index (χ1v) is 6.27. The normalized spacial score (nSPS) is 20.4. The third-order valence-corrected chi connectivity index (χ3v) is 3.37. The van der Waals surface area contributed by atoms with E-state index in [1.54, 1.807) is 0 Å². The van der Waals surface area contributed by atoms with E-state index >= 15 is 0 Å². The predicted octanol–water partition coefficient (Wildman–Crippen LogP) is 3.16. The van der Waals surface area contributed by atoms with Crippen molar-refractivity contribution in [3.05, 3.63) is 18.3 Å². The summed E-state index contributed by atoms with van der Waals surface area (Å²) in [7, 11) is 0. The topological polar surface area (TPSA) is 51.2 Å². The van der Waals surface area contributed by atoms with E-state index in [2.05, 4.69) is 15.0 Å². The maximum atomic E-state index is 11.9. The van der Waals surface area contributed by atoms with Gasteiger partial charge in [-0.15, -0.1) is 23.2 Å². The van der Waals surface area contributed by atoms with Gasteiger partial charge in [-0.1, -0.05) is 0 Å². The highest BCUT2D eigenvalue weighted by molar-refractivity contribution is 6.52. The van der Waals surface area contributed by atoms with Crippen LogP contribution in [0.25, 0.3) is 0 Å². The van der Waals surface area contributed by atoms with E-state index in [1.165, 1.54) is 18.3 Å². The molecule has 20 heavy (non-hydrogen) atoms. The molecule has 1 aromatic rings. The van der Waals surface area contributed by atoms with Gasteiger partial charge >= 0.3 is 6.18 Å².